The second-order valence-corrected chi connectivity index (χ2v) is 4.85. The molecule has 106 valence electrons. The van der Waals surface area contributed by atoms with E-state index in [4.69, 9.17) is 0 Å². The Morgan fingerprint density at radius 1 is 0.850 bits per heavy atom. The Morgan fingerprint density at radius 3 is 2.00 bits per heavy atom. The highest BCUT2D eigenvalue weighted by atomic mass is 79.9. The van der Waals surface area contributed by atoms with Crippen molar-refractivity contribution >= 4 is 21.6 Å². The van der Waals surface area contributed by atoms with E-state index in [2.05, 4.69) is 21.2 Å². The molecule has 0 atom stereocenters. The van der Waals surface area contributed by atoms with Crippen molar-refractivity contribution in [1.29, 1.82) is 0 Å². The van der Waals surface area contributed by atoms with Gasteiger partial charge in [-0.25, -0.2) is 22.0 Å². The fraction of sp³-hybridized carbons (Fsp3) is 0.0769. The molecule has 0 saturated heterocycles. The van der Waals surface area contributed by atoms with Gasteiger partial charge in [0.1, 0.15) is 11.5 Å². The van der Waals surface area contributed by atoms with Gasteiger partial charge in [-0.1, -0.05) is 22.0 Å². The third-order valence-electron chi connectivity index (χ3n) is 2.58. The molecule has 0 spiro atoms. The molecule has 7 heteroatoms. The van der Waals surface area contributed by atoms with Gasteiger partial charge in [-0.3, -0.25) is 0 Å². The molecule has 0 bridgehead atoms. The van der Waals surface area contributed by atoms with Gasteiger partial charge in [0.2, 0.25) is 0 Å². The van der Waals surface area contributed by atoms with E-state index in [0.717, 1.165) is 6.07 Å². The van der Waals surface area contributed by atoms with Crippen molar-refractivity contribution in [2.45, 2.75) is 6.54 Å². The van der Waals surface area contributed by atoms with E-state index in [1.165, 1.54) is 12.1 Å². The van der Waals surface area contributed by atoms with Crippen molar-refractivity contribution in [3.8, 4) is 0 Å². The Morgan fingerprint density at radius 2 is 1.45 bits per heavy atom. The summed E-state index contributed by atoms with van der Waals surface area (Å²) in [5.74, 6) is -6.78. The fourth-order valence-electron chi connectivity index (χ4n) is 1.58. The van der Waals surface area contributed by atoms with Crippen LogP contribution in [-0.4, -0.2) is 0 Å². The highest BCUT2D eigenvalue weighted by Gasteiger charge is 2.19. The molecule has 0 unspecified atom stereocenters. The Bertz CT molecular complexity index is 633. The van der Waals surface area contributed by atoms with Crippen LogP contribution in [0.15, 0.2) is 28.7 Å². The van der Waals surface area contributed by atoms with Crippen LogP contribution in [0.5, 0.6) is 0 Å². The molecule has 0 aliphatic heterocycles. The highest BCUT2D eigenvalue weighted by Crippen LogP contribution is 2.25. The molecule has 0 fully saturated rings. The van der Waals surface area contributed by atoms with Crippen LogP contribution in [0.2, 0.25) is 0 Å². The van der Waals surface area contributed by atoms with Crippen molar-refractivity contribution in [3.05, 3.63) is 63.4 Å². The van der Waals surface area contributed by atoms with E-state index in [0.29, 0.717) is 4.47 Å². The summed E-state index contributed by atoms with van der Waals surface area (Å²) in [6.07, 6.45) is 0. The molecule has 20 heavy (non-hydrogen) atoms. The van der Waals surface area contributed by atoms with Crippen molar-refractivity contribution in [3.63, 3.8) is 0 Å². The fourth-order valence-corrected chi connectivity index (χ4v) is 1.91. The van der Waals surface area contributed by atoms with Crippen LogP contribution < -0.4 is 5.32 Å². The molecule has 0 aliphatic carbocycles. The van der Waals surface area contributed by atoms with E-state index >= 15 is 0 Å². The average Bonchev–Trinajstić information content (AvgIpc) is 2.38. The summed E-state index contributed by atoms with van der Waals surface area (Å²) in [6.45, 7) is -0.324. The summed E-state index contributed by atoms with van der Waals surface area (Å²) in [5.41, 5.74) is -0.874. The first-order chi connectivity index (χ1) is 9.40. The molecule has 0 heterocycles. The lowest BCUT2D eigenvalue weighted by Gasteiger charge is -2.10. The molecule has 0 amide bonds. The molecular formula is C13H7BrF5N. The smallest absolute Gasteiger partial charge is 0.185 e. The Balaban J connectivity index is 2.27. The zero-order chi connectivity index (χ0) is 14.9. The predicted molar refractivity (Wildman–Crippen MR) is 67.7 cm³/mol. The zero-order valence-corrected chi connectivity index (χ0v) is 11.4. The maximum atomic E-state index is 13.5. The first-order valence-electron chi connectivity index (χ1n) is 5.41. The zero-order valence-electron chi connectivity index (χ0n) is 9.78. The molecule has 0 aromatic heterocycles. The number of hydrogen-bond acceptors (Lipinski definition) is 1. The Kier molecular flexibility index (Phi) is 4.27. The largest absolute Gasteiger partial charge is 0.376 e. The molecule has 2 aromatic carbocycles. The van der Waals surface area contributed by atoms with Crippen molar-refractivity contribution < 1.29 is 22.0 Å². The molecule has 1 nitrogen and oxygen atoms in total. The van der Waals surface area contributed by atoms with E-state index < -0.39 is 34.8 Å². The lowest BCUT2D eigenvalue weighted by atomic mass is 10.2. The predicted octanol–water partition coefficient (Wildman–Crippen LogP) is 4.76. The topological polar surface area (TPSA) is 12.0 Å². The number of nitrogens with one attached hydrogen (secondary N) is 1. The van der Waals surface area contributed by atoms with Gasteiger partial charge in [0.15, 0.2) is 23.3 Å². The normalized spacial score (nSPS) is 10.7. The van der Waals surface area contributed by atoms with Crippen molar-refractivity contribution in [2.24, 2.45) is 0 Å². The van der Waals surface area contributed by atoms with Crippen LogP contribution >= 0.6 is 15.9 Å². The molecule has 2 aromatic rings. The van der Waals surface area contributed by atoms with Gasteiger partial charge in [0.05, 0.1) is 0 Å². The van der Waals surface area contributed by atoms with E-state index in [9.17, 15) is 22.0 Å². The van der Waals surface area contributed by atoms with E-state index in [1.807, 2.05) is 0 Å². The summed E-state index contributed by atoms with van der Waals surface area (Å²) >= 11 is 3.06. The van der Waals surface area contributed by atoms with Gasteiger partial charge in [-0.15, -0.1) is 0 Å². The van der Waals surface area contributed by atoms with Crippen LogP contribution in [-0.2, 0) is 6.54 Å². The molecule has 1 N–H and O–H groups in total. The van der Waals surface area contributed by atoms with Crippen LogP contribution in [0.1, 0.15) is 5.56 Å². The number of hydrogen-bond donors (Lipinski definition) is 1. The number of benzene rings is 2. The van der Waals surface area contributed by atoms with Crippen LogP contribution in [0.4, 0.5) is 27.6 Å². The summed E-state index contributed by atoms with van der Waals surface area (Å²) in [4.78, 5) is 0. The van der Waals surface area contributed by atoms with Crippen LogP contribution in [0, 0.1) is 29.1 Å². The third-order valence-corrected chi connectivity index (χ3v) is 3.08. The van der Waals surface area contributed by atoms with Gasteiger partial charge < -0.3 is 5.32 Å². The van der Waals surface area contributed by atoms with E-state index in [1.54, 1.807) is 0 Å². The number of rotatable bonds is 3. The first-order valence-corrected chi connectivity index (χ1v) is 6.20. The first kappa shape index (κ1) is 14.8. The second-order valence-electron chi connectivity index (χ2n) is 3.93. The van der Waals surface area contributed by atoms with Gasteiger partial charge in [-0.05, 0) is 12.1 Å². The minimum Gasteiger partial charge on any atom is -0.376 e. The van der Waals surface area contributed by atoms with Gasteiger partial charge >= 0.3 is 0 Å². The minimum atomic E-state index is -1.55. The van der Waals surface area contributed by atoms with E-state index in [-0.39, 0.29) is 18.2 Å². The van der Waals surface area contributed by atoms with Gasteiger partial charge in [0, 0.05) is 22.6 Å². The van der Waals surface area contributed by atoms with Crippen LogP contribution in [0.3, 0.4) is 0 Å². The van der Waals surface area contributed by atoms with Gasteiger partial charge in [-0.2, -0.15) is 0 Å². The lowest BCUT2D eigenvalue weighted by molar-refractivity contribution is 0.458. The average molecular weight is 352 g/mol. The standard InChI is InChI=1S/C13H7BrF5N/c14-7-2-1-6(8(15)3-7)5-20-13-11(18)9(16)4-10(17)12(13)19/h1-4,20H,5H2. The van der Waals surface area contributed by atoms with Crippen molar-refractivity contribution in [1.82, 2.24) is 0 Å². The molecule has 0 aliphatic rings. The lowest BCUT2D eigenvalue weighted by Crippen LogP contribution is -2.08. The maximum Gasteiger partial charge on any atom is 0.185 e. The summed E-state index contributed by atoms with van der Waals surface area (Å²) in [6, 6.07) is 4.17. The summed E-state index contributed by atoms with van der Waals surface area (Å²) in [7, 11) is 0. The second kappa shape index (κ2) is 5.78. The molecule has 0 saturated carbocycles. The summed E-state index contributed by atoms with van der Waals surface area (Å²) in [5, 5.41) is 2.15. The third kappa shape index (κ3) is 2.92. The number of halogens is 6. The Labute approximate surface area is 119 Å². The quantitative estimate of drug-likeness (QED) is 0.621. The van der Waals surface area contributed by atoms with Gasteiger partial charge in [0.25, 0.3) is 0 Å². The number of anilines is 1. The maximum absolute atomic E-state index is 13.5. The highest BCUT2D eigenvalue weighted by molar-refractivity contribution is 9.10. The van der Waals surface area contributed by atoms with Crippen molar-refractivity contribution in [2.75, 3.05) is 5.32 Å². The SMILES string of the molecule is Fc1cc(Br)ccc1CNc1c(F)c(F)cc(F)c1F. The molecular weight excluding hydrogens is 345 g/mol. The molecule has 2 rings (SSSR count). The minimum absolute atomic E-state index is 0.0941. The van der Waals surface area contributed by atoms with Crippen LogP contribution in [0.25, 0.3) is 0 Å². The monoisotopic (exact) mass is 351 g/mol. The summed E-state index contributed by atoms with van der Waals surface area (Å²) < 4.78 is 66.7. The molecule has 0 radical (unpaired) electrons. The Hall–Kier alpha value is -1.63.